The van der Waals surface area contributed by atoms with Crippen molar-refractivity contribution in [1.82, 2.24) is 15.0 Å². The van der Waals surface area contributed by atoms with Gasteiger partial charge in [0.25, 0.3) is 0 Å². The van der Waals surface area contributed by atoms with Crippen molar-refractivity contribution in [3.05, 3.63) is 18.1 Å². The number of nitrogens with one attached hydrogen (secondary N) is 1. The highest BCUT2D eigenvalue weighted by Gasteiger charge is 2.25. The number of aromatic nitrogens is 3. The molecule has 1 N–H and O–H groups in total. The zero-order valence-electron chi connectivity index (χ0n) is 9.78. The molecule has 5 heteroatoms. The molecule has 0 aromatic carbocycles. The van der Waals surface area contributed by atoms with E-state index in [2.05, 4.69) is 21.9 Å². The third kappa shape index (κ3) is 1.66. The molecule has 0 spiro atoms. The Morgan fingerprint density at radius 1 is 1.53 bits per heavy atom. The molecule has 0 bridgehead atoms. The van der Waals surface area contributed by atoms with Crippen LogP contribution in [0.1, 0.15) is 18.9 Å². The van der Waals surface area contributed by atoms with Crippen LogP contribution in [0.2, 0.25) is 0 Å². The van der Waals surface area contributed by atoms with Gasteiger partial charge in [0, 0.05) is 12.7 Å². The van der Waals surface area contributed by atoms with E-state index in [4.69, 9.17) is 0 Å². The summed E-state index contributed by atoms with van der Waals surface area (Å²) in [7, 11) is 0. The highest BCUT2D eigenvalue weighted by atomic mass is 19.1. The van der Waals surface area contributed by atoms with Crippen molar-refractivity contribution in [2.24, 2.45) is 0 Å². The summed E-state index contributed by atoms with van der Waals surface area (Å²) in [6, 6.07) is 0. The molecule has 3 heterocycles. The Morgan fingerprint density at radius 2 is 2.41 bits per heavy atom. The Morgan fingerprint density at radius 3 is 3.12 bits per heavy atom. The van der Waals surface area contributed by atoms with Gasteiger partial charge >= 0.3 is 0 Å². The number of alkyl halides is 1. The van der Waals surface area contributed by atoms with Crippen molar-refractivity contribution >= 4 is 16.9 Å². The zero-order valence-corrected chi connectivity index (χ0v) is 9.78. The van der Waals surface area contributed by atoms with E-state index in [0.29, 0.717) is 13.0 Å². The molecular weight excluding hydrogens is 219 g/mol. The monoisotopic (exact) mass is 234 g/mol. The number of anilines is 1. The maximum Gasteiger partial charge on any atom is 0.143 e. The van der Waals surface area contributed by atoms with Crippen LogP contribution in [0.3, 0.4) is 0 Å². The van der Waals surface area contributed by atoms with Gasteiger partial charge in [-0.3, -0.25) is 0 Å². The molecule has 4 nitrogen and oxygen atoms in total. The molecule has 90 valence electrons. The van der Waals surface area contributed by atoms with Gasteiger partial charge < -0.3 is 9.88 Å². The van der Waals surface area contributed by atoms with Gasteiger partial charge in [-0.1, -0.05) is 6.92 Å². The Hall–Kier alpha value is -1.65. The van der Waals surface area contributed by atoms with Gasteiger partial charge in [-0.05, 0) is 18.4 Å². The smallest absolute Gasteiger partial charge is 0.143 e. The van der Waals surface area contributed by atoms with E-state index in [0.717, 1.165) is 29.8 Å². The van der Waals surface area contributed by atoms with Crippen LogP contribution in [0.4, 0.5) is 10.2 Å². The van der Waals surface area contributed by atoms with Crippen molar-refractivity contribution in [1.29, 1.82) is 0 Å². The molecule has 0 unspecified atom stereocenters. The minimum Gasteiger partial charge on any atom is -0.353 e. The first kappa shape index (κ1) is 10.5. The van der Waals surface area contributed by atoms with Gasteiger partial charge in [-0.15, -0.1) is 0 Å². The number of rotatable bonds is 2. The molecule has 1 aliphatic rings. The van der Waals surface area contributed by atoms with E-state index in [-0.39, 0.29) is 0 Å². The summed E-state index contributed by atoms with van der Waals surface area (Å²) in [5, 5.41) is 1.05. The van der Waals surface area contributed by atoms with E-state index >= 15 is 0 Å². The predicted octanol–water partition coefficient (Wildman–Crippen LogP) is 2.07. The molecule has 0 amide bonds. The summed E-state index contributed by atoms with van der Waals surface area (Å²) in [6.45, 7) is 3.28. The average Bonchev–Trinajstić information content (AvgIpc) is 2.94. The Labute approximate surface area is 98.9 Å². The Balaban J connectivity index is 2.11. The molecule has 17 heavy (non-hydrogen) atoms. The lowest BCUT2D eigenvalue weighted by Crippen LogP contribution is -2.21. The Kier molecular flexibility index (Phi) is 2.46. The summed E-state index contributed by atoms with van der Waals surface area (Å²) in [5.74, 6) is 0.869. The van der Waals surface area contributed by atoms with Gasteiger partial charge in [-0.25, -0.2) is 14.4 Å². The predicted molar refractivity (Wildman–Crippen MR) is 65.0 cm³/mol. The third-order valence-electron chi connectivity index (χ3n) is 3.34. The van der Waals surface area contributed by atoms with Crippen LogP contribution in [0.5, 0.6) is 0 Å². The van der Waals surface area contributed by atoms with Crippen LogP contribution in [0.15, 0.2) is 12.5 Å². The van der Waals surface area contributed by atoms with E-state index in [1.165, 1.54) is 5.56 Å². The van der Waals surface area contributed by atoms with Crippen molar-refractivity contribution in [3.63, 3.8) is 0 Å². The molecule has 0 radical (unpaired) electrons. The van der Waals surface area contributed by atoms with E-state index in [9.17, 15) is 4.39 Å². The molecule has 2 aromatic heterocycles. The molecule has 1 saturated heterocycles. The SMILES string of the molecule is CCc1c[nH]c2ncnc(N3CC[C@@H](F)C3)c12. The van der Waals surface area contributed by atoms with Crippen LogP contribution in [-0.4, -0.2) is 34.2 Å². The number of hydrogen-bond acceptors (Lipinski definition) is 3. The second kappa shape index (κ2) is 3.98. The van der Waals surface area contributed by atoms with Gasteiger partial charge in [0.2, 0.25) is 0 Å². The van der Waals surface area contributed by atoms with Gasteiger partial charge in [-0.2, -0.15) is 0 Å². The van der Waals surface area contributed by atoms with Crippen LogP contribution in [0.25, 0.3) is 11.0 Å². The zero-order chi connectivity index (χ0) is 11.8. The molecule has 0 saturated carbocycles. The second-order valence-corrected chi connectivity index (χ2v) is 4.42. The van der Waals surface area contributed by atoms with Gasteiger partial charge in [0.15, 0.2) is 0 Å². The highest BCUT2D eigenvalue weighted by Crippen LogP contribution is 2.29. The summed E-state index contributed by atoms with van der Waals surface area (Å²) in [5.41, 5.74) is 2.03. The summed E-state index contributed by atoms with van der Waals surface area (Å²) < 4.78 is 13.3. The average molecular weight is 234 g/mol. The molecular formula is C12H15FN4. The molecule has 3 rings (SSSR count). The van der Waals surface area contributed by atoms with Crippen LogP contribution in [-0.2, 0) is 6.42 Å². The lowest BCUT2D eigenvalue weighted by atomic mass is 10.2. The van der Waals surface area contributed by atoms with E-state index in [1.807, 2.05) is 11.1 Å². The maximum absolute atomic E-state index is 13.3. The molecule has 1 fully saturated rings. The molecule has 1 aliphatic heterocycles. The first-order chi connectivity index (χ1) is 8.29. The number of H-pyrrole nitrogens is 1. The second-order valence-electron chi connectivity index (χ2n) is 4.42. The number of nitrogens with zero attached hydrogens (tertiary/aromatic N) is 3. The third-order valence-corrected chi connectivity index (χ3v) is 3.34. The first-order valence-electron chi connectivity index (χ1n) is 5.99. The number of halogens is 1. The number of aryl methyl sites for hydroxylation is 1. The minimum atomic E-state index is -0.732. The van der Waals surface area contributed by atoms with Gasteiger partial charge in [0.1, 0.15) is 24.0 Å². The largest absolute Gasteiger partial charge is 0.353 e. The summed E-state index contributed by atoms with van der Waals surface area (Å²) in [4.78, 5) is 13.7. The summed E-state index contributed by atoms with van der Waals surface area (Å²) >= 11 is 0. The number of fused-ring (bicyclic) bond motifs is 1. The summed E-state index contributed by atoms with van der Waals surface area (Å²) in [6.07, 6.45) is 4.29. The van der Waals surface area contributed by atoms with Crippen LogP contribution < -0.4 is 4.90 Å². The van der Waals surface area contributed by atoms with E-state index in [1.54, 1.807) is 6.33 Å². The van der Waals surface area contributed by atoms with Crippen molar-refractivity contribution in [3.8, 4) is 0 Å². The van der Waals surface area contributed by atoms with E-state index < -0.39 is 6.17 Å². The molecule has 1 atom stereocenters. The lowest BCUT2D eigenvalue weighted by Gasteiger charge is -2.17. The fraction of sp³-hybridized carbons (Fsp3) is 0.500. The van der Waals surface area contributed by atoms with Crippen molar-refractivity contribution < 1.29 is 4.39 Å². The number of hydrogen-bond donors (Lipinski definition) is 1. The highest BCUT2D eigenvalue weighted by molar-refractivity contribution is 5.90. The normalized spacial score (nSPS) is 20.4. The van der Waals surface area contributed by atoms with Crippen molar-refractivity contribution in [2.75, 3.05) is 18.0 Å². The Bertz CT molecular complexity index is 536. The van der Waals surface area contributed by atoms with Crippen LogP contribution >= 0.6 is 0 Å². The lowest BCUT2D eigenvalue weighted by molar-refractivity contribution is 0.364. The van der Waals surface area contributed by atoms with Crippen molar-refractivity contribution in [2.45, 2.75) is 25.9 Å². The quantitative estimate of drug-likeness (QED) is 0.865. The fourth-order valence-corrected chi connectivity index (χ4v) is 2.44. The van der Waals surface area contributed by atoms with Gasteiger partial charge in [0.05, 0.1) is 11.9 Å². The fourth-order valence-electron chi connectivity index (χ4n) is 2.44. The first-order valence-corrected chi connectivity index (χ1v) is 5.99. The maximum atomic E-state index is 13.3. The molecule has 2 aromatic rings. The number of aromatic amines is 1. The standard InChI is InChI=1S/C12H15FN4/c1-2-8-5-14-11-10(8)12(16-7-15-11)17-4-3-9(13)6-17/h5,7,9H,2-4,6H2,1H3,(H,14,15,16)/t9-/m1/s1. The molecule has 0 aliphatic carbocycles. The topological polar surface area (TPSA) is 44.8 Å². The van der Waals surface area contributed by atoms with Crippen LogP contribution in [0, 0.1) is 0 Å². The minimum absolute atomic E-state index is 0.445.